The van der Waals surface area contributed by atoms with Crippen LogP contribution in [0, 0.1) is 34.6 Å². The molecular formula is C38H46N10O6. The summed E-state index contributed by atoms with van der Waals surface area (Å²) in [6.07, 6.45) is 0.885. The predicted molar refractivity (Wildman–Crippen MR) is 197 cm³/mol. The number of carbonyl (C=O) groups is 2. The standard InChI is InChI=1S/C20H23N5O3.C18H23N5O3/c1-13-7-14(2)9-16(8-13)12-27-20(26)24-5-4-6-25-17(11-24)10-18(22-25)19-21-15(3)28-23-19;1-12-6-13(2)8-14(7-12)11-26-18(24)22-4-3-5-23-15(10-22)9-16(20-23)17(19)21-25/h7-10H,4-6,11-12H2,1-3H3;6-9,25H,3-5,10-11H2,1-2H3,(H2,19,21). The summed E-state index contributed by atoms with van der Waals surface area (Å²) in [5.41, 5.74) is 15.0. The Morgan fingerprint density at radius 3 is 1.72 bits per heavy atom. The second-order valence-electron chi connectivity index (χ2n) is 13.8. The topological polar surface area (TPSA) is 192 Å². The number of amidine groups is 1. The van der Waals surface area contributed by atoms with Crippen molar-refractivity contribution in [3.63, 3.8) is 0 Å². The molecule has 0 atom stereocenters. The van der Waals surface area contributed by atoms with E-state index < -0.39 is 0 Å². The Kier molecular flexibility index (Phi) is 11.6. The van der Waals surface area contributed by atoms with Crippen LogP contribution in [0.25, 0.3) is 11.5 Å². The van der Waals surface area contributed by atoms with E-state index in [1.807, 2.05) is 62.7 Å². The summed E-state index contributed by atoms with van der Waals surface area (Å²) in [6, 6.07) is 15.9. The number of benzene rings is 2. The number of nitrogens with zero attached hydrogens (tertiary/aromatic N) is 9. The van der Waals surface area contributed by atoms with Gasteiger partial charge in [-0.25, -0.2) is 9.59 Å². The molecule has 0 unspecified atom stereocenters. The molecule has 7 rings (SSSR count). The summed E-state index contributed by atoms with van der Waals surface area (Å²) in [4.78, 5) is 32.7. The number of carbonyl (C=O) groups excluding carboxylic acids is 2. The molecule has 16 heteroatoms. The highest BCUT2D eigenvalue weighted by Gasteiger charge is 2.24. The Bertz CT molecular complexity index is 2110. The zero-order valence-electron chi connectivity index (χ0n) is 31.3. The number of ether oxygens (including phenoxy) is 2. The third-order valence-electron chi connectivity index (χ3n) is 8.96. The molecule has 16 nitrogen and oxygen atoms in total. The fourth-order valence-electron chi connectivity index (χ4n) is 6.70. The Hall–Kier alpha value is -6.19. The number of fused-ring (bicyclic) bond motifs is 2. The number of nitrogens with two attached hydrogens (primary N) is 1. The molecule has 0 radical (unpaired) electrons. The lowest BCUT2D eigenvalue weighted by atomic mass is 10.1. The van der Waals surface area contributed by atoms with Crippen molar-refractivity contribution < 1.29 is 28.8 Å². The highest BCUT2D eigenvalue weighted by atomic mass is 16.6. The van der Waals surface area contributed by atoms with E-state index in [0.29, 0.717) is 55.8 Å². The van der Waals surface area contributed by atoms with Crippen molar-refractivity contribution in [1.82, 2.24) is 39.5 Å². The quantitative estimate of drug-likeness (QED) is 0.0962. The van der Waals surface area contributed by atoms with E-state index in [0.717, 1.165) is 64.2 Å². The molecule has 2 amide bonds. The molecule has 0 spiro atoms. The molecule has 0 aliphatic carbocycles. The van der Waals surface area contributed by atoms with E-state index in [4.69, 9.17) is 24.9 Å². The lowest BCUT2D eigenvalue weighted by Crippen LogP contribution is -2.31. The van der Waals surface area contributed by atoms with E-state index in [9.17, 15) is 9.59 Å². The van der Waals surface area contributed by atoms with Crippen LogP contribution in [-0.2, 0) is 48.9 Å². The maximum atomic E-state index is 12.6. The fraction of sp³-hybridized carbons (Fsp3) is 0.395. The number of oxime groups is 1. The first-order valence-corrected chi connectivity index (χ1v) is 17.8. The van der Waals surface area contributed by atoms with Gasteiger partial charge in [-0.05, 0) is 63.8 Å². The Morgan fingerprint density at radius 1 is 0.741 bits per heavy atom. The highest BCUT2D eigenvalue weighted by molar-refractivity contribution is 5.95. The van der Waals surface area contributed by atoms with Gasteiger partial charge in [0.15, 0.2) is 5.84 Å². The maximum absolute atomic E-state index is 12.6. The lowest BCUT2D eigenvalue weighted by Gasteiger charge is -2.19. The van der Waals surface area contributed by atoms with Gasteiger partial charge in [0.1, 0.15) is 24.6 Å². The van der Waals surface area contributed by atoms with Gasteiger partial charge in [0, 0.05) is 33.1 Å². The van der Waals surface area contributed by atoms with Crippen molar-refractivity contribution in [2.75, 3.05) is 13.1 Å². The number of amides is 2. The van der Waals surface area contributed by atoms with Crippen LogP contribution in [0.15, 0.2) is 58.2 Å². The van der Waals surface area contributed by atoms with Crippen LogP contribution in [0.5, 0.6) is 0 Å². The minimum atomic E-state index is -0.357. The van der Waals surface area contributed by atoms with Crippen LogP contribution in [0.4, 0.5) is 9.59 Å². The average Bonchev–Trinajstić information content (AvgIpc) is 3.79. The molecular weight excluding hydrogens is 692 g/mol. The number of hydrogen-bond donors (Lipinski definition) is 2. The third kappa shape index (κ3) is 9.42. The van der Waals surface area contributed by atoms with Crippen LogP contribution in [0.3, 0.4) is 0 Å². The second-order valence-corrected chi connectivity index (χ2v) is 13.8. The van der Waals surface area contributed by atoms with Crippen LogP contribution in [0.2, 0.25) is 0 Å². The van der Waals surface area contributed by atoms with Crippen LogP contribution < -0.4 is 5.73 Å². The number of aryl methyl sites for hydroxylation is 7. The molecule has 5 heterocycles. The summed E-state index contributed by atoms with van der Waals surface area (Å²) in [6.45, 7) is 13.8. The zero-order chi connectivity index (χ0) is 38.4. The van der Waals surface area contributed by atoms with Crippen LogP contribution in [0.1, 0.15) is 69.2 Å². The van der Waals surface area contributed by atoms with E-state index in [2.05, 4.69) is 37.6 Å². The Morgan fingerprint density at radius 2 is 1.24 bits per heavy atom. The molecule has 0 saturated heterocycles. The van der Waals surface area contributed by atoms with Gasteiger partial charge >= 0.3 is 12.2 Å². The first-order valence-electron chi connectivity index (χ1n) is 17.8. The van der Waals surface area contributed by atoms with Crippen LogP contribution in [-0.4, -0.2) is 75.8 Å². The van der Waals surface area contributed by atoms with Gasteiger partial charge in [-0.3, -0.25) is 9.36 Å². The monoisotopic (exact) mass is 738 g/mol. The van der Waals surface area contributed by atoms with Crippen LogP contribution >= 0.6 is 0 Å². The summed E-state index contributed by atoms with van der Waals surface area (Å²) in [5.74, 6) is 0.909. The SMILES string of the molecule is Cc1cc(C)cc(COC(=O)N2CCCn3nc(-c4noc(C)n4)cc3C2)c1.Cc1cc(C)cc(COC(=O)N2CCCn3nc(/C(N)=N/O)cc3C2)c1. The summed E-state index contributed by atoms with van der Waals surface area (Å²) in [7, 11) is 0. The van der Waals surface area contributed by atoms with Crippen molar-refractivity contribution >= 4 is 18.0 Å². The molecule has 0 saturated carbocycles. The maximum Gasteiger partial charge on any atom is 0.410 e. The van der Waals surface area contributed by atoms with E-state index >= 15 is 0 Å². The molecule has 2 aliphatic heterocycles. The van der Waals surface area contributed by atoms with Gasteiger partial charge in [0.05, 0.1) is 24.5 Å². The summed E-state index contributed by atoms with van der Waals surface area (Å²) in [5, 5.41) is 24.5. The molecule has 3 aromatic heterocycles. The Labute approximate surface area is 313 Å². The minimum absolute atomic E-state index is 0.0467. The molecule has 5 aromatic rings. The minimum Gasteiger partial charge on any atom is -0.445 e. The van der Waals surface area contributed by atoms with Crippen molar-refractivity contribution in [2.24, 2.45) is 10.9 Å². The second kappa shape index (κ2) is 16.7. The lowest BCUT2D eigenvalue weighted by molar-refractivity contribution is 0.0935. The molecule has 3 N–H and O–H groups in total. The molecule has 54 heavy (non-hydrogen) atoms. The molecule has 2 aliphatic rings. The smallest absolute Gasteiger partial charge is 0.410 e. The predicted octanol–water partition coefficient (Wildman–Crippen LogP) is 5.54. The molecule has 0 fully saturated rings. The first-order chi connectivity index (χ1) is 25.9. The van der Waals surface area contributed by atoms with Crippen molar-refractivity contribution in [3.05, 3.63) is 105 Å². The van der Waals surface area contributed by atoms with Crippen molar-refractivity contribution in [1.29, 1.82) is 0 Å². The van der Waals surface area contributed by atoms with E-state index in [1.165, 1.54) is 0 Å². The van der Waals surface area contributed by atoms with Gasteiger partial charge < -0.3 is 34.7 Å². The molecule has 284 valence electrons. The van der Waals surface area contributed by atoms with Gasteiger partial charge in [-0.15, -0.1) is 0 Å². The normalized spacial score (nSPS) is 14.3. The van der Waals surface area contributed by atoms with Gasteiger partial charge in [0.2, 0.25) is 11.7 Å². The fourth-order valence-corrected chi connectivity index (χ4v) is 6.70. The van der Waals surface area contributed by atoms with Gasteiger partial charge in [-0.1, -0.05) is 69.0 Å². The highest BCUT2D eigenvalue weighted by Crippen LogP contribution is 2.21. The van der Waals surface area contributed by atoms with E-state index in [1.54, 1.807) is 27.5 Å². The van der Waals surface area contributed by atoms with Gasteiger partial charge in [-0.2, -0.15) is 15.2 Å². The van der Waals surface area contributed by atoms with E-state index in [-0.39, 0.29) is 31.2 Å². The van der Waals surface area contributed by atoms with Crippen molar-refractivity contribution in [2.45, 2.75) is 86.9 Å². The summed E-state index contributed by atoms with van der Waals surface area (Å²) >= 11 is 0. The molecule has 0 bridgehead atoms. The summed E-state index contributed by atoms with van der Waals surface area (Å²) < 4.78 is 19.8. The number of hydrogen-bond acceptors (Lipinski definition) is 11. The average molecular weight is 739 g/mol. The largest absolute Gasteiger partial charge is 0.445 e. The van der Waals surface area contributed by atoms with Crippen molar-refractivity contribution in [3.8, 4) is 11.5 Å². The van der Waals surface area contributed by atoms with Gasteiger partial charge in [0.25, 0.3) is 0 Å². The third-order valence-corrected chi connectivity index (χ3v) is 8.96. The Balaban J connectivity index is 0.000000185. The zero-order valence-corrected chi connectivity index (χ0v) is 31.3. The molecule has 2 aromatic carbocycles. The number of aromatic nitrogens is 6. The number of rotatable bonds is 6. The first kappa shape index (κ1) is 37.6.